The van der Waals surface area contributed by atoms with E-state index < -0.39 is 12.0 Å². The van der Waals surface area contributed by atoms with Gasteiger partial charge in [0, 0.05) is 11.4 Å². The van der Waals surface area contributed by atoms with Crippen molar-refractivity contribution in [3.05, 3.63) is 53.7 Å². The zero-order valence-electron chi connectivity index (χ0n) is 16.0. The van der Waals surface area contributed by atoms with E-state index in [0.717, 1.165) is 16.5 Å². The van der Waals surface area contributed by atoms with Crippen molar-refractivity contribution in [1.29, 1.82) is 0 Å². The first-order valence-electron chi connectivity index (χ1n) is 8.85. The highest BCUT2D eigenvalue weighted by Gasteiger charge is 2.53. The van der Waals surface area contributed by atoms with Crippen LogP contribution in [0.15, 0.2) is 53.7 Å². The van der Waals surface area contributed by atoms with Crippen molar-refractivity contribution in [3.63, 3.8) is 0 Å². The number of carbonyl (C=O) groups is 3. The molecule has 2 atom stereocenters. The standard InChI is InChI=1S/C20H19N3O4S.ClH.H2O/c1-11-10-28-19-16(18(25)23(19)17(11)20(26)27)22-15(24)9-21-14-7-6-12-4-2-3-5-13(12)8-14;;/h2-8,16,19,21H,9-10H2,1H3,(H,22,24)(H,26,27);1H;1H2/t16?,19-;;/m0../s1. The molecule has 2 aromatic rings. The summed E-state index contributed by atoms with van der Waals surface area (Å²) in [5, 5.41) is 16.9. The van der Waals surface area contributed by atoms with Gasteiger partial charge in [-0.05, 0) is 35.4 Å². The second-order valence-corrected chi connectivity index (χ2v) is 7.91. The maximum Gasteiger partial charge on any atom is 0.352 e. The zero-order valence-corrected chi connectivity index (χ0v) is 17.7. The fourth-order valence-electron chi connectivity index (χ4n) is 3.48. The summed E-state index contributed by atoms with van der Waals surface area (Å²) in [6.07, 6.45) is 0. The number of nitrogens with one attached hydrogen (secondary N) is 2. The normalized spacial score (nSPS) is 19.8. The lowest BCUT2D eigenvalue weighted by atomic mass is 10.0. The molecular formula is C20H22ClN3O5S. The Kier molecular flexibility index (Phi) is 7.35. The van der Waals surface area contributed by atoms with Gasteiger partial charge in [-0.25, -0.2) is 4.79 Å². The number of thioether (sulfide) groups is 1. The number of aliphatic carboxylic acids is 1. The number of hydrogen-bond donors (Lipinski definition) is 3. The van der Waals surface area contributed by atoms with E-state index in [0.29, 0.717) is 11.3 Å². The van der Waals surface area contributed by atoms with E-state index in [1.165, 1.54) is 16.7 Å². The first kappa shape index (κ1) is 23.5. The van der Waals surface area contributed by atoms with Gasteiger partial charge in [-0.15, -0.1) is 24.2 Å². The lowest BCUT2D eigenvalue weighted by Crippen LogP contribution is -2.70. The highest BCUT2D eigenvalue weighted by atomic mass is 35.5. The molecule has 2 heterocycles. The van der Waals surface area contributed by atoms with Crippen LogP contribution in [-0.4, -0.2) is 57.0 Å². The summed E-state index contributed by atoms with van der Waals surface area (Å²) in [5.41, 5.74) is 1.51. The molecule has 160 valence electrons. The van der Waals surface area contributed by atoms with Crippen molar-refractivity contribution in [1.82, 2.24) is 10.2 Å². The van der Waals surface area contributed by atoms with Crippen LogP contribution in [0.3, 0.4) is 0 Å². The lowest BCUT2D eigenvalue weighted by Gasteiger charge is -2.49. The van der Waals surface area contributed by atoms with E-state index in [-0.39, 0.29) is 47.3 Å². The number of benzene rings is 2. The molecule has 0 bridgehead atoms. The molecule has 4 rings (SSSR count). The summed E-state index contributed by atoms with van der Waals surface area (Å²) in [6.45, 7) is 1.74. The average molecular weight is 452 g/mol. The van der Waals surface area contributed by atoms with E-state index in [4.69, 9.17) is 0 Å². The summed E-state index contributed by atoms with van der Waals surface area (Å²) in [6, 6.07) is 13.1. The predicted molar refractivity (Wildman–Crippen MR) is 119 cm³/mol. The van der Waals surface area contributed by atoms with E-state index >= 15 is 0 Å². The van der Waals surface area contributed by atoms with Crippen molar-refractivity contribution >= 4 is 58.4 Å². The van der Waals surface area contributed by atoms with Crippen LogP contribution in [0.25, 0.3) is 10.8 Å². The molecule has 0 aliphatic carbocycles. The van der Waals surface area contributed by atoms with Gasteiger partial charge in [0.2, 0.25) is 5.91 Å². The quantitative estimate of drug-likeness (QED) is 0.592. The minimum absolute atomic E-state index is 0. The van der Waals surface area contributed by atoms with Gasteiger partial charge in [-0.3, -0.25) is 14.5 Å². The Labute approximate surface area is 183 Å². The van der Waals surface area contributed by atoms with Crippen LogP contribution in [0.1, 0.15) is 6.92 Å². The Balaban J connectivity index is 0.00000160. The summed E-state index contributed by atoms with van der Waals surface area (Å²) in [7, 11) is 0. The molecule has 2 amide bonds. The first-order chi connectivity index (χ1) is 13.5. The Hall–Kier alpha value is -2.75. The van der Waals surface area contributed by atoms with Crippen LogP contribution in [0, 0.1) is 0 Å². The van der Waals surface area contributed by atoms with Gasteiger partial charge in [0.25, 0.3) is 5.91 Å². The van der Waals surface area contributed by atoms with Crippen molar-refractivity contribution in [2.45, 2.75) is 18.3 Å². The van der Waals surface area contributed by atoms with Crippen molar-refractivity contribution < 1.29 is 25.0 Å². The second-order valence-electron chi connectivity index (χ2n) is 6.80. The number of fused-ring (bicyclic) bond motifs is 2. The summed E-state index contributed by atoms with van der Waals surface area (Å²) >= 11 is 1.46. The Morgan fingerprint density at radius 1 is 1.20 bits per heavy atom. The third-order valence-corrected chi connectivity index (χ3v) is 6.30. The Morgan fingerprint density at radius 2 is 1.90 bits per heavy atom. The molecule has 0 aromatic heterocycles. The van der Waals surface area contributed by atoms with E-state index in [1.807, 2.05) is 42.5 Å². The predicted octanol–water partition coefficient (Wildman–Crippen LogP) is 1.61. The number of β-lactam (4-membered cyclic amide) rings is 1. The van der Waals surface area contributed by atoms with E-state index in [9.17, 15) is 19.5 Å². The molecule has 2 aliphatic rings. The fraction of sp³-hybridized carbons (Fsp3) is 0.250. The molecule has 8 nitrogen and oxygen atoms in total. The van der Waals surface area contributed by atoms with Crippen LogP contribution >= 0.6 is 24.2 Å². The number of rotatable bonds is 5. The second kappa shape index (κ2) is 9.38. The number of amides is 2. The van der Waals surface area contributed by atoms with Crippen molar-refractivity contribution in [3.8, 4) is 0 Å². The molecule has 1 fully saturated rings. The Bertz CT molecular complexity index is 1030. The van der Waals surface area contributed by atoms with Gasteiger partial charge < -0.3 is 21.2 Å². The number of halogens is 1. The van der Waals surface area contributed by atoms with Crippen LogP contribution in [0.5, 0.6) is 0 Å². The SMILES string of the molecule is CC1=C(C(=O)O)N2C(=O)C(NC(=O)CNc3ccc4ccccc4c3)[C@@H]2SC1.Cl.O. The van der Waals surface area contributed by atoms with Gasteiger partial charge in [0.15, 0.2) is 0 Å². The summed E-state index contributed by atoms with van der Waals surface area (Å²) in [5.74, 6) is -1.28. The fourth-order valence-corrected chi connectivity index (χ4v) is 4.77. The maximum absolute atomic E-state index is 12.4. The molecule has 2 aliphatic heterocycles. The van der Waals surface area contributed by atoms with Crippen molar-refractivity contribution in [2.24, 2.45) is 0 Å². The zero-order chi connectivity index (χ0) is 19.8. The number of carbonyl (C=O) groups excluding carboxylic acids is 2. The molecule has 30 heavy (non-hydrogen) atoms. The highest BCUT2D eigenvalue weighted by Crippen LogP contribution is 2.40. The number of hydrogen-bond acceptors (Lipinski definition) is 5. The molecule has 1 saturated heterocycles. The van der Waals surface area contributed by atoms with E-state index in [2.05, 4.69) is 10.6 Å². The molecule has 2 aromatic carbocycles. The van der Waals surface area contributed by atoms with Gasteiger partial charge in [0.1, 0.15) is 17.1 Å². The number of carboxylic acid groups (broad SMARTS) is 1. The lowest BCUT2D eigenvalue weighted by molar-refractivity contribution is -0.150. The topological polar surface area (TPSA) is 130 Å². The van der Waals surface area contributed by atoms with Crippen LogP contribution in [-0.2, 0) is 14.4 Å². The molecule has 1 unspecified atom stereocenters. The molecule has 0 saturated carbocycles. The van der Waals surface area contributed by atoms with Gasteiger partial charge in [0.05, 0.1) is 6.54 Å². The van der Waals surface area contributed by atoms with Gasteiger partial charge in [-0.2, -0.15) is 0 Å². The minimum atomic E-state index is -1.11. The summed E-state index contributed by atoms with van der Waals surface area (Å²) < 4.78 is 0. The van der Waals surface area contributed by atoms with Gasteiger partial charge in [-0.1, -0.05) is 30.3 Å². The largest absolute Gasteiger partial charge is 0.477 e. The summed E-state index contributed by atoms with van der Waals surface area (Å²) in [4.78, 5) is 37.4. The molecule has 0 spiro atoms. The molecule has 5 N–H and O–H groups in total. The maximum atomic E-state index is 12.4. The molecule has 0 radical (unpaired) electrons. The minimum Gasteiger partial charge on any atom is -0.477 e. The highest BCUT2D eigenvalue weighted by molar-refractivity contribution is 8.00. The average Bonchev–Trinajstić information content (AvgIpc) is 2.69. The van der Waals surface area contributed by atoms with Crippen LogP contribution < -0.4 is 10.6 Å². The smallest absolute Gasteiger partial charge is 0.352 e. The Morgan fingerprint density at radius 3 is 2.60 bits per heavy atom. The third kappa shape index (κ3) is 4.23. The molecular weight excluding hydrogens is 430 g/mol. The van der Waals surface area contributed by atoms with Crippen LogP contribution in [0.4, 0.5) is 5.69 Å². The number of anilines is 1. The number of nitrogens with zero attached hydrogens (tertiary/aromatic N) is 1. The third-order valence-electron chi connectivity index (χ3n) is 4.88. The molecule has 10 heteroatoms. The van der Waals surface area contributed by atoms with Gasteiger partial charge >= 0.3 is 5.97 Å². The van der Waals surface area contributed by atoms with Crippen LogP contribution in [0.2, 0.25) is 0 Å². The monoisotopic (exact) mass is 451 g/mol. The van der Waals surface area contributed by atoms with E-state index in [1.54, 1.807) is 6.92 Å². The number of carboxylic acids is 1. The first-order valence-corrected chi connectivity index (χ1v) is 9.90. The van der Waals surface area contributed by atoms with Crippen molar-refractivity contribution in [2.75, 3.05) is 17.6 Å².